The Balaban J connectivity index is 0.000000292. The first kappa shape index (κ1) is 10.3. The molecule has 0 radical (unpaired) electrons. The highest BCUT2D eigenvalue weighted by atomic mass is 15.0. The van der Waals surface area contributed by atoms with Crippen molar-refractivity contribution in [3.63, 3.8) is 0 Å². The van der Waals surface area contributed by atoms with Gasteiger partial charge in [-0.1, -0.05) is 48.6 Å². The van der Waals surface area contributed by atoms with E-state index in [-0.39, 0.29) is 0 Å². The minimum Gasteiger partial charge on any atom is -0.0795 e. The molecule has 0 atom stereocenters. The van der Waals surface area contributed by atoms with Gasteiger partial charge in [-0.2, -0.15) is 0 Å². The van der Waals surface area contributed by atoms with E-state index < -0.39 is 0 Å². The zero-order valence-corrected chi connectivity index (χ0v) is 8.77. The molecule has 0 heterocycles. The summed E-state index contributed by atoms with van der Waals surface area (Å²) < 4.78 is 0. The van der Waals surface area contributed by atoms with Crippen molar-refractivity contribution in [2.24, 2.45) is 0 Å². The Labute approximate surface area is 93.4 Å². The van der Waals surface area contributed by atoms with Gasteiger partial charge in [-0.05, 0) is 28.3 Å². The van der Waals surface area contributed by atoms with E-state index in [0.29, 0.717) is 0 Å². The monoisotopic (exact) mass is 210 g/mol. The van der Waals surface area contributed by atoms with E-state index in [9.17, 15) is 0 Å². The number of hydrogen-bond acceptors (Lipinski definition) is 2. The van der Waals surface area contributed by atoms with Crippen LogP contribution in [0.1, 0.15) is 11.1 Å². The zero-order valence-electron chi connectivity index (χ0n) is 8.77. The summed E-state index contributed by atoms with van der Waals surface area (Å²) in [7, 11) is 0. The average molecular weight is 210 g/mol. The van der Waals surface area contributed by atoms with Crippen LogP contribution in [0, 0.1) is 11.1 Å². The Bertz CT molecular complexity index is 573. The molecule has 0 aliphatic heterocycles. The Hall–Kier alpha value is -2.25. The number of nitrogens with zero attached hydrogens (tertiary/aromatic N) is 1. The smallest absolute Gasteiger partial charge is 0.0795 e. The first-order valence-corrected chi connectivity index (χ1v) is 5.07. The van der Waals surface area contributed by atoms with Gasteiger partial charge in [0.1, 0.15) is 11.1 Å². The quantitative estimate of drug-likeness (QED) is 0.493. The van der Waals surface area contributed by atoms with Crippen LogP contribution >= 0.6 is 0 Å². The van der Waals surface area contributed by atoms with Crippen molar-refractivity contribution >= 4 is 16.8 Å². The fourth-order valence-electron chi connectivity index (χ4n) is 2.07. The molecule has 2 aromatic rings. The van der Waals surface area contributed by atoms with Crippen LogP contribution in [-0.2, 0) is 6.42 Å². The third-order valence-electron chi connectivity index (χ3n) is 2.66. The van der Waals surface area contributed by atoms with Crippen molar-refractivity contribution in [1.29, 1.82) is 11.1 Å². The lowest BCUT2D eigenvalue weighted by Gasteiger charge is -2.11. The van der Waals surface area contributed by atoms with E-state index in [1.54, 1.807) is 0 Å². The molecular formula is C13H12N3+. The van der Waals surface area contributed by atoms with Gasteiger partial charge in [0.05, 0.1) is 0 Å². The van der Waals surface area contributed by atoms with Gasteiger partial charge in [0.25, 0.3) is 0 Å². The van der Waals surface area contributed by atoms with Gasteiger partial charge in [0.2, 0.25) is 4.91 Å². The normalized spacial score (nSPS) is 11.5. The predicted octanol–water partition coefficient (Wildman–Crippen LogP) is 3.52. The van der Waals surface area contributed by atoms with Crippen molar-refractivity contribution in [3.8, 4) is 0 Å². The SMILES string of the molecule is C1=Cc2cccc3cccc(c23)C1.N=[N+]=N. The molecule has 1 aliphatic rings. The van der Waals surface area contributed by atoms with E-state index in [0.717, 1.165) is 6.42 Å². The maximum absolute atomic E-state index is 5.50. The Morgan fingerprint density at radius 1 is 1.00 bits per heavy atom. The summed E-state index contributed by atoms with van der Waals surface area (Å²) in [6.45, 7) is 0. The molecule has 16 heavy (non-hydrogen) atoms. The summed E-state index contributed by atoms with van der Waals surface area (Å²) in [5.41, 5.74) is 13.8. The van der Waals surface area contributed by atoms with E-state index in [1.807, 2.05) is 4.91 Å². The van der Waals surface area contributed by atoms with Crippen LogP contribution in [-0.4, -0.2) is 0 Å². The summed E-state index contributed by atoms with van der Waals surface area (Å²) in [6, 6.07) is 13.0. The molecule has 0 spiro atoms. The molecule has 0 unspecified atom stereocenters. The third kappa shape index (κ3) is 1.76. The van der Waals surface area contributed by atoms with E-state index >= 15 is 0 Å². The van der Waals surface area contributed by atoms with E-state index in [1.165, 1.54) is 21.9 Å². The lowest BCUT2D eigenvalue weighted by Crippen LogP contribution is -1.91. The number of nitrogens with one attached hydrogen (secondary N) is 2. The summed E-state index contributed by atoms with van der Waals surface area (Å²) in [6.07, 6.45) is 5.53. The molecule has 0 aromatic heterocycles. The highest BCUT2D eigenvalue weighted by Crippen LogP contribution is 2.27. The lowest BCUT2D eigenvalue weighted by molar-refractivity contribution is 0.928. The number of hydrogen-bond donors (Lipinski definition) is 2. The van der Waals surface area contributed by atoms with Crippen LogP contribution in [0.15, 0.2) is 42.5 Å². The molecule has 0 bridgehead atoms. The van der Waals surface area contributed by atoms with Gasteiger partial charge >= 0.3 is 0 Å². The number of allylic oxidation sites excluding steroid dienone is 1. The second kappa shape index (κ2) is 4.51. The summed E-state index contributed by atoms with van der Waals surface area (Å²) in [5, 5.41) is 2.80. The van der Waals surface area contributed by atoms with Crippen molar-refractivity contribution in [2.75, 3.05) is 0 Å². The van der Waals surface area contributed by atoms with Crippen LogP contribution in [0.2, 0.25) is 0 Å². The third-order valence-corrected chi connectivity index (χ3v) is 2.66. The van der Waals surface area contributed by atoms with Crippen LogP contribution in [0.3, 0.4) is 0 Å². The van der Waals surface area contributed by atoms with Crippen LogP contribution in [0.25, 0.3) is 16.8 Å². The molecule has 2 aromatic carbocycles. The number of rotatable bonds is 0. The van der Waals surface area contributed by atoms with Crippen molar-refractivity contribution in [1.82, 2.24) is 4.91 Å². The van der Waals surface area contributed by atoms with Crippen molar-refractivity contribution < 1.29 is 0 Å². The maximum atomic E-state index is 5.50. The first-order valence-electron chi connectivity index (χ1n) is 5.07. The van der Waals surface area contributed by atoms with Gasteiger partial charge < -0.3 is 0 Å². The summed E-state index contributed by atoms with van der Waals surface area (Å²) >= 11 is 0. The topological polar surface area (TPSA) is 61.8 Å². The Kier molecular flexibility index (Phi) is 2.90. The van der Waals surface area contributed by atoms with E-state index in [4.69, 9.17) is 11.1 Å². The Morgan fingerprint density at radius 3 is 2.44 bits per heavy atom. The highest BCUT2D eigenvalue weighted by Gasteiger charge is 2.06. The molecule has 0 fully saturated rings. The standard InChI is InChI=1S/C13H10.H2N3/c1-4-10-6-2-8-12-9-3-7-11(5-1)13(10)12;1-3-2/h1-8H,9H2;1-2H/q;+1. The minimum atomic E-state index is 1.08. The molecular weight excluding hydrogens is 198 g/mol. The summed E-state index contributed by atoms with van der Waals surface area (Å²) in [4.78, 5) is 2.00. The maximum Gasteiger partial charge on any atom is 0.211 e. The van der Waals surface area contributed by atoms with Gasteiger partial charge in [0, 0.05) is 0 Å². The average Bonchev–Trinajstić information content (AvgIpc) is 2.31. The fraction of sp³-hybridized carbons (Fsp3) is 0.0769. The lowest BCUT2D eigenvalue weighted by atomic mass is 9.93. The number of benzene rings is 2. The molecule has 1 aliphatic carbocycles. The molecule has 2 N–H and O–H groups in total. The molecule has 3 rings (SSSR count). The second-order valence-electron chi connectivity index (χ2n) is 3.58. The van der Waals surface area contributed by atoms with Gasteiger partial charge in [-0.25, -0.2) is 0 Å². The molecule has 78 valence electrons. The molecule has 3 nitrogen and oxygen atoms in total. The fourth-order valence-corrected chi connectivity index (χ4v) is 2.07. The molecule has 0 saturated heterocycles. The van der Waals surface area contributed by atoms with E-state index in [2.05, 4.69) is 48.6 Å². The highest BCUT2D eigenvalue weighted by molar-refractivity contribution is 5.94. The first-order chi connectivity index (χ1) is 7.86. The van der Waals surface area contributed by atoms with Crippen molar-refractivity contribution in [3.05, 3.63) is 53.6 Å². The zero-order chi connectivity index (χ0) is 11.4. The van der Waals surface area contributed by atoms with Gasteiger partial charge in [0.15, 0.2) is 0 Å². The minimum absolute atomic E-state index is 1.08. The molecule has 0 amide bonds. The molecule has 3 heteroatoms. The van der Waals surface area contributed by atoms with Gasteiger partial charge in [-0.15, -0.1) is 0 Å². The molecule has 0 saturated carbocycles. The van der Waals surface area contributed by atoms with Gasteiger partial charge in [-0.3, -0.25) is 0 Å². The van der Waals surface area contributed by atoms with Crippen LogP contribution < -0.4 is 4.91 Å². The predicted molar refractivity (Wildman–Crippen MR) is 64.3 cm³/mol. The summed E-state index contributed by atoms with van der Waals surface area (Å²) in [5.74, 6) is 0. The van der Waals surface area contributed by atoms with Crippen LogP contribution in [0.4, 0.5) is 0 Å². The Morgan fingerprint density at radius 2 is 1.69 bits per heavy atom. The van der Waals surface area contributed by atoms with Crippen molar-refractivity contribution in [2.45, 2.75) is 6.42 Å². The largest absolute Gasteiger partial charge is 0.211 e. The second-order valence-corrected chi connectivity index (χ2v) is 3.58. The van der Waals surface area contributed by atoms with Crippen LogP contribution in [0.5, 0.6) is 0 Å².